The van der Waals surface area contributed by atoms with E-state index in [-0.39, 0.29) is 30.8 Å². The maximum atomic E-state index is 14.5. The lowest BCUT2D eigenvalue weighted by atomic mass is 10.1. The van der Waals surface area contributed by atoms with Crippen LogP contribution in [-0.4, -0.2) is 52.9 Å². The van der Waals surface area contributed by atoms with Crippen LogP contribution in [0.2, 0.25) is 0 Å². The largest absolute Gasteiger partial charge is 0.485 e. The molecule has 1 saturated heterocycles. The molecule has 2 N–H and O–H groups in total. The van der Waals surface area contributed by atoms with Gasteiger partial charge < -0.3 is 20.1 Å². The molecule has 2 rings (SSSR count). The van der Waals surface area contributed by atoms with Crippen molar-refractivity contribution in [3.05, 3.63) is 22.4 Å². The van der Waals surface area contributed by atoms with Crippen molar-refractivity contribution in [3.8, 4) is 5.75 Å². The van der Waals surface area contributed by atoms with Gasteiger partial charge in [0.05, 0.1) is 18.3 Å². The third kappa shape index (κ3) is 5.29. The van der Waals surface area contributed by atoms with E-state index in [9.17, 15) is 14.0 Å². The summed E-state index contributed by atoms with van der Waals surface area (Å²) < 4.78 is 25.7. The third-order valence-electron chi connectivity index (χ3n) is 3.51. The zero-order chi connectivity index (χ0) is 18.8. The summed E-state index contributed by atoms with van der Waals surface area (Å²) in [6.45, 7) is 5.39. The third-order valence-corrected chi connectivity index (χ3v) is 3.94. The number of piperidine rings is 1. The van der Waals surface area contributed by atoms with Crippen LogP contribution in [0.4, 0.5) is 9.18 Å². The average molecular weight is 418 g/mol. The SMILES string of the molecule is CC(C)(C)OC(=O)N1CC[C@@H](Oc2cnc(Br)cc2C(N)=O)[C@@H](F)C1. The van der Waals surface area contributed by atoms with Crippen LogP contribution in [0.5, 0.6) is 5.75 Å². The maximum absolute atomic E-state index is 14.5. The Bertz CT molecular complexity index is 665. The van der Waals surface area contributed by atoms with E-state index in [1.807, 2.05) is 0 Å². The molecular formula is C16H21BrFN3O4. The summed E-state index contributed by atoms with van der Waals surface area (Å²) in [5.74, 6) is -0.575. The number of halogens is 2. The first-order chi connectivity index (χ1) is 11.6. The molecule has 138 valence electrons. The summed E-state index contributed by atoms with van der Waals surface area (Å²) in [4.78, 5) is 28.8. The number of amides is 2. The van der Waals surface area contributed by atoms with Crippen LogP contribution < -0.4 is 10.5 Å². The van der Waals surface area contributed by atoms with Crippen LogP contribution >= 0.6 is 15.9 Å². The van der Waals surface area contributed by atoms with Gasteiger partial charge in [-0.15, -0.1) is 0 Å². The molecule has 1 fully saturated rings. The molecule has 0 spiro atoms. The smallest absolute Gasteiger partial charge is 0.410 e. The molecule has 0 saturated carbocycles. The molecule has 1 aromatic heterocycles. The minimum atomic E-state index is -1.43. The molecule has 0 aromatic carbocycles. The molecule has 0 bridgehead atoms. The van der Waals surface area contributed by atoms with Gasteiger partial charge >= 0.3 is 6.09 Å². The first kappa shape index (κ1) is 19.4. The fourth-order valence-corrected chi connectivity index (χ4v) is 2.71. The fraction of sp³-hybridized carbons (Fsp3) is 0.562. The quantitative estimate of drug-likeness (QED) is 0.762. The topological polar surface area (TPSA) is 94.8 Å². The summed E-state index contributed by atoms with van der Waals surface area (Å²) in [6.07, 6.45) is -1.21. The normalized spacial score (nSPS) is 20.9. The number of hydrogen-bond acceptors (Lipinski definition) is 5. The number of likely N-dealkylation sites (tertiary alicyclic amines) is 1. The number of primary amides is 1. The predicted octanol–water partition coefficient (Wildman–Crippen LogP) is 2.67. The highest BCUT2D eigenvalue weighted by Gasteiger charge is 2.35. The minimum absolute atomic E-state index is 0.114. The molecule has 9 heteroatoms. The Kier molecular flexibility index (Phi) is 5.87. The fourth-order valence-electron chi connectivity index (χ4n) is 2.38. The molecular weight excluding hydrogens is 397 g/mol. The van der Waals surface area contributed by atoms with Crippen molar-refractivity contribution in [3.63, 3.8) is 0 Å². The van der Waals surface area contributed by atoms with E-state index in [2.05, 4.69) is 20.9 Å². The van der Waals surface area contributed by atoms with Crippen LogP contribution in [-0.2, 0) is 4.74 Å². The lowest BCUT2D eigenvalue weighted by Gasteiger charge is -2.35. The predicted molar refractivity (Wildman–Crippen MR) is 92.2 cm³/mol. The number of nitrogens with two attached hydrogens (primary N) is 1. The number of ether oxygens (including phenoxy) is 2. The monoisotopic (exact) mass is 417 g/mol. The lowest BCUT2D eigenvalue weighted by molar-refractivity contribution is -0.0107. The number of pyridine rings is 1. The van der Waals surface area contributed by atoms with Gasteiger partial charge in [0.15, 0.2) is 11.9 Å². The number of hydrogen-bond donors (Lipinski definition) is 1. The van der Waals surface area contributed by atoms with E-state index in [1.165, 1.54) is 17.2 Å². The van der Waals surface area contributed by atoms with Crippen LogP contribution in [0.25, 0.3) is 0 Å². The van der Waals surface area contributed by atoms with E-state index >= 15 is 0 Å². The number of nitrogens with zero attached hydrogens (tertiary/aromatic N) is 2. The van der Waals surface area contributed by atoms with Gasteiger partial charge in [0.25, 0.3) is 5.91 Å². The van der Waals surface area contributed by atoms with Crippen molar-refractivity contribution in [1.29, 1.82) is 0 Å². The van der Waals surface area contributed by atoms with Crippen LogP contribution in [0, 0.1) is 0 Å². The molecule has 2 amide bonds. The van der Waals surface area contributed by atoms with Gasteiger partial charge in [-0.1, -0.05) is 0 Å². The van der Waals surface area contributed by atoms with Crippen molar-refractivity contribution in [2.24, 2.45) is 5.73 Å². The summed E-state index contributed by atoms with van der Waals surface area (Å²) in [5, 5.41) is 0. The molecule has 0 radical (unpaired) electrons. The molecule has 0 aliphatic carbocycles. The number of alkyl halides is 1. The standard InChI is InChI=1S/C16H21BrFN3O4/c1-16(2,3)25-15(23)21-5-4-11(10(18)8-21)24-12-7-20-13(17)6-9(12)14(19)22/h6-7,10-11H,4-5,8H2,1-3H3,(H2,19,22)/t10-,11+/m0/s1. The maximum Gasteiger partial charge on any atom is 0.410 e. The van der Waals surface area contributed by atoms with Crippen molar-refractivity contribution in [2.45, 2.75) is 45.1 Å². The van der Waals surface area contributed by atoms with Gasteiger partial charge in [-0.25, -0.2) is 14.2 Å². The second-order valence-electron chi connectivity index (χ2n) is 6.75. The van der Waals surface area contributed by atoms with E-state index in [0.717, 1.165) is 0 Å². The molecule has 7 nitrogen and oxygen atoms in total. The highest BCUT2D eigenvalue weighted by molar-refractivity contribution is 9.10. The van der Waals surface area contributed by atoms with Crippen molar-refractivity contribution >= 4 is 27.9 Å². The zero-order valence-electron chi connectivity index (χ0n) is 14.3. The zero-order valence-corrected chi connectivity index (χ0v) is 15.9. The molecule has 0 unspecified atom stereocenters. The second kappa shape index (κ2) is 7.55. The van der Waals surface area contributed by atoms with Crippen LogP contribution in [0.3, 0.4) is 0 Å². The highest BCUT2D eigenvalue weighted by Crippen LogP contribution is 2.26. The summed E-state index contributed by atoms with van der Waals surface area (Å²) in [7, 11) is 0. The Balaban J connectivity index is 2.03. The Morgan fingerprint density at radius 3 is 2.68 bits per heavy atom. The Morgan fingerprint density at radius 2 is 2.12 bits per heavy atom. The summed E-state index contributed by atoms with van der Waals surface area (Å²) in [6, 6.07) is 1.42. The van der Waals surface area contributed by atoms with E-state index in [0.29, 0.717) is 4.60 Å². The summed E-state index contributed by atoms with van der Waals surface area (Å²) in [5.41, 5.74) is 4.78. The van der Waals surface area contributed by atoms with Gasteiger partial charge in [0.1, 0.15) is 16.3 Å². The van der Waals surface area contributed by atoms with Gasteiger partial charge in [-0.2, -0.15) is 0 Å². The van der Waals surface area contributed by atoms with Gasteiger partial charge in [0, 0.05) is 13.0 Å². The van der Waals surface area contributed by atoms with E-state index < -0.39 is 29.9 Å². The second-order valence-corrected chi connectivity index (χ2v) is 7.57. The summed E-state index contributed by atoms with van der Waals surface area (Å²) >= 11 is 3.14. The number of carbonyl (C=O) groups excluding carboxylic acids is 2. The lowest BCUT2D eigenvalue weighted by Crippen LogP contribution is -2.50. The minimum Gasteiger partial charge on any atom is -0.485 e. The molecule has 25 heavy (non-hydrogen) atoms. The van der Waals surface area contributed by atoms with E-state index in [4.69, 9.17) is 15.2 Å². The van der Waals surface area contributed by atoms with Crippen molar-refractivity contribution in [1.82, 2.24) is 9.88 Å². The van der Waals surface area contributed by atoms with Crippen LogP contribution in [0.15, 0.2) is 16.9 Å². The number of rotatable bonds is 3. The Morgan fingerprint density at radius 1 is 1.44 bits per heavy atom. The first-order valence-electron chi connectivity index (χ1n) is 7.81. The molecule has 1 aliphatic heterocycles. The molecule has 1 aliphatic rings. The Hall–Kier alpha value is -1.90. The highest BCUT2D eigenvalue weighted by atomic mass is 79.9. The Labute approximate surface area is 153 Å². The van der Waals surface area contributed by atoms with Crippen LogP contribution in [0.1, 0.15) is 37.6 Å². The van der Waals surface area contributed by atoms with Gasteiger partial charge in [0.2, 0.25) is 0 Å². The van der Waals surface area contributed by atoms with Crippen molar-refractivity contribution in [2.75, 3.05) is 13.1 Å². The number of carbonyl (C=O) groups is 2. The number of aromatic nitrogens is 1. The average Bonchev–Trinajstić information content (AvgIpc) is 2.48. The first-order valence-corrected chi connectivity index (χ1v) is 8.60. The molecule has 1 aromatic rings. The van der Waals surface area contributed by atoms with Crippen molar-refractivity contribution < 1.29 is 23.5 Å². The molecule has 2 heterocycles. The molecule has 2 atom stereocenters. The van der Waals surface area contributed by atoms with Gasteiger partial charge in [-0.05, 0) is 42.8 Å². The van der Waals surface area contributed by atoms with Gasteiger partial charge in [-0.3, -0.25) is 4.79 Å². The van der Waals surface area contributed by atoms with E-state index in [1.54, 1.807) is 20.8 Å².